The van der Waals surface area contributed by atoms with Crippen molar-refractivity contribution >= 4 is 23.1 Å². The molecule has 6 nitrogen and oxygen atoms in total. The molecular weight excluding hydrogens is 352 g/mol. The fraction of sp³-hybridized carbons (Fsp3) is 0.0455. The predicted molar refractivity (Wildman–Crippen MR) is 107 cm³/mol. The lowest BCUT2D eigenvalue weighted by atomic mass is 10.1. The average Bonchev–Trinajstić information content (AvgIpc) is 3.21. The van der Waals surface area contributed by atoms with Crippen molar-refractivity contribution in [1.29, 1.82) is 0 Å². The zero-order valence-electron chi connectivity index (χ0n) is 15.0. The second kappa shape index (κ2) is 7.75. The van der Waals surface area contributed by atoms with Crippen molar-refractivity contribution in [1.82, 2.24) is 14.7 Å². The molecule has 2 amide bonds. The molecule has 2 aromatic carbocycles. The summed E-state index contributed by atoms with van der Waals surface area (Å²) < 4.78 is 1.91. The molecule has 0 atom stereocenters. The zero-order valence-corrected chi connectivity index (χ0v) is 15.0. The van der Waals surface area contributed by atoms with Gasteiger partial charge in [0.2, 0.25) is 0 Å². The van der Waals surface area contributed by atoms with Crippen LogP contribution >= 0.6 is 0 Å². The Morgan fingerprint density at radius 1 is 0.857 bits per heavy atom. The molecule has 0 saturated carbocycles. The molecule has 2 heterocycles. The Hall–Kier alpha value is -3.93. The average molecular weight is 370 g/mol. The van der Waals surface area contributed by atoms with Gasteiger partial charge in [0, 0.05) is 41.9 Å². The lowest BCUT2D eigenvalue weighted by molar-refractivity contribution is 0.0950. The van der Waals surface area contributed by atoms with Crippen molar-refractivity contribution in [2.45, 2.75) is 6.54 Å². The van der Waals surface area contributed by atoms with Gasteiger partial charge in [-0.2, -0.15) is 0 Å². The Morgan fingerprint density at radius 2 is 1.61 bits per heavy atom. The van der Waals surface area contributed by atoms with Crippen molar-refractivity contribution in [3.8, 4) is 0 Å². The number of rotatable bonds is 5. The summed E-state index contributed by atoms with van der Waals surface area (Å²) in [6.07, 6.45) is 5.51. The first kappa shape index (κ1) is 17.5. The number of carbonyl (C=O) groups is 2. The summed E-state index contributed by atoms with van der Waals surface area (Å²) in [5.74, 6) is -0.365. The zero-order chi connectivity index (χ0) is 19.3. The fourth-order valence-electron chi connectivity index (χ4n) is 2.84. The van der Waals surface area contributed by atoms with Gasteiger partial charge in [-0.3, -0.25) is 9.59 Å². The highest BCUT2D eigenvalue weighted by Gasteiger charge is 2.08. The van der Waals surface area contributed by atoms with E-state index in [0.717, 1.165) is 11.2 Å². The molecule has 0 saturated heterocycles. The van der Waals surface area contributed by atoms with Crippen molar-refractivity contribution < 1.29 is 9.59 Å². The molecule has 0 aliphatic heterocycles. The van der Waals surface area contributed by atoms with E-state index in [1.54, 1.807) is 42.6 Å². The number of hydrogen-bond acceptors (Lipinski definition) is 3. The second-order valence-corrected chi connectivity index (χ2v) is 6.31. The first-order valence-electron chi connectivity index (χ1n) is 8.85. The molecule has 0 bridgehead atoms. The molecule has 2 aromatic heterocycles. The minimum Gasteiger partial charge on any atom is -0.348 e. The molecule has 0 aliphatic rings. The third-order valence-corrected chi connectivity index (χ3v) is 4.36. The first-order chi connectivity index (χ1) is 13.7. The van der Waals surface area contributed by atoms with Crippen molar-refractivity contribution in [3.63, 3.8) is 0 Å². The standard InChI is InChI=1S/C22H18N4O2/c27-21(24-15-16-10-12-26-13-11-23-20(26)14-16)18-6-8-19(9-7-18)25-22(28)17-4-2-1-3-5-17/h1-14H,15H2,(H,24,27)(H,25,28). The van der Waals surface area contributed by atoms with Gasteiger partial charge in [0.25, 0.3) is 11.8 Å². The van der Waals surface area contributed by atoms with E-state index >= 15 is 0 Å². The van der Waals surface area contributed by atoms with Crippen LogP contribution in [0.25, 0.3) is 5.65 Å². The second-order valence-electron chi connectivity index (χ2n) is 6.31. The Kier molecular flexibility index (Phi) is 4.84. The van der Waals surface area contributed by atoms with Crippen molar-refractivity contribution in [2.75, 3.05) is 5.32 Å². The van der Waals surface area contributed by atoms with Crippen molar-refractivity contribution in [2.24, 2.45) is 0 Å². The number of nitrogens with zero attached hydrogens (tertiary/aromatic N) is 2. The van der Waals surface area contributed by atoms with E-state index in [-0.39, 0.29) is 11.8 Å². The number of carbonyl (C=O) groups excluding carboxylic acids is 2. The van der Waals surface area contributed by atoms with Crippen LogP contribution in [0, 0.1) is 0 Å². The van der Waals surface area contributed by atoms with Crippen LogP contribution in [0.4, 0.5) is 5.69 Å². The number of fused-ring (bicyclic) bond motifs is 1. The van der Waals surface area contributed by atoms with Crippen LogP contribution < -0.4 is 10.6 Å². The lowest BCUT2D eigenvalue weighted by Gasteiger charge is -2.08. The molecule has 4 aromatic rings. The maximum atomic E-state index is 12.4. The van der Waals surface area contributed by atoms with E-state index in [4.69, 9.17) is 0 Å². The Bertz CT molecular complexity index is 1120. The topological polar surface area (TPSA) is 75.5 Å². The van der Waals surface area contributed by atoms with E-state index in [1.807, 2.05) is 47.1 Å². The van der Waals surface area contributed by atoms with Gasteiger partial charge in [-0.1, -0.05) is 18.2 Å². The number of hydrogen-bond donors (Lipinski definition) is 2. The molecule has 0 radical (unpaired) electrons. The van der Waals surface area contributed by atoms with Crippen LogP contribution in [-0.4, -0.2) is 21.2 Å². The van der Waals surface area contributed by atoms with Gasteiger partial charge < -0.3 is 15.0 Å². The molecule has 4 rings (SSSR count). The Balaban J connectivity index is 1.36. The van der Waals surface area contributed by atoms with Gasteiger partial charge in [-0.25, -0.2) is 4.98 Å². The number of amides is 2. The summed E-state index contributed by atoms with van der Waals surface area (Å²) in [5.41, 5.74) is 3.55. The maximum absolute atomic E-state index is 12.4. The first-order valence-corrected chi connectivity index (χ1v) is 8.85. The third-order valence-electron chi connectivity index (χ3n) is 4.36. The summed E-state index contributed by atoms with van der Waals surface area (Å²) in [5, 5.41) is 5.71. The van der Waals surface area contributed by atoms with Gasteiger partial charge in [-0.05, 0) is 54.1 Å². The highest BCUT2D eigenvalue weighted by Crippen LogP contribution is 2.12. The maximum Gasteiger partial charge on any atom is 0.255 e. The van der Waals surface area contributed by atoms with E-state index in [1.165, 1.54) is 0 Å². The number of benzene rings is 2. The number of pyridine rings is 1. The SMILES string of the molecule is O=C(NCc1ccn2ccnc2c1)c1ccc(NC(=O)c2ccccc2)cc1. The largest absolute Gasteiger partial charge is 0.348 e. The summed E-state index contributed by atoms with van der Waals surface area (Å²) in [4.78, 5) is 28.8. The molecule has 0 unspecified atom stereocenters. The summed E-state index contributed by atoms with van der Waals surface area (Å²) in [6.45, 7) is 0.411. The van der Waals surface area contributed by atoms with Crippen molar-refractivity contribution in [3.05, 3.63) is 102 Å². The van der Waals surface area contributed by atoms with Crippen LogP contribution in [0.2, 0.25) is 0 Å². The highest BCUT2D eigenvalue weighted by molar-refractivity contribution is 6.04. The van der Waals surface area contributed by atoms with E-state index in [9.17, 15) is 9.59 Å². The number of imidazole rings is 1. The van der Waals surface area contributed by atoms with E-state index in [0.29, 0.717) is 23.4 Å². The Morgan fingerprint density at radius 3 is 2.39 bits per heavy atom. The van der Waals surface area contributed by atoms with Crippen LogP contribution in [0.15, 0.2) is 85.3 Å². The summed E-state index contributed by atoms with van der Waals surface area (Å²) in [7, 11) is 0. The molecule has 0 fully saturated rings. The summed E-state index contributed by atoms with van der Waals surface area (Å²) in [6, 6.07) is 19.7. The number of aromatic nitrogens is 2. The smallest absolute Gasteiger partial charge is 0.255 e. The van der Waals surface area contributed by atoms with E-state index < -0.39 is 0 Å². The molecule has 2 N–H and O–H groups in total. The van der Waals surface area contributed by atoms with Gasteiger partial charge in [0.15, 0.2) is 0 Å². The molecule has 0 spiro atoms. The molecule has 138 valence electrons. The lowest BCUT2D eigenvalue weighted by Crippen LogP contribution is -2.22. The normalized spacial score (nSPS) is 10.6. The van der Waals surface area contributed by atoms with Crippen LogP contribution in [0.5, 0.6) is 0 Å². The van der Waals surface area contributed by atoms with Gasteiger partial charge >= 0.3 is 0 Å². The monoisotopic (exact) mass is 370 g/mol. The predicted octanol–water partition coefficient (Wildman–Crippen LogP) is 3.52. The molecule has 0 aliphatic carbocycles. The van der Waals surface area contributed by atoms with Crippen LogP contribution in [-0.2, 0) is 6.54 Å². The molecular formula is C22H18N4O2. The minimum absolute atomic E-state index is 0.177. The van der Waals surface area contributed by atoms with Crippen LogP contribution in [0.3, 0.4) is 0 Å². The number of anilines is 1. The molecule has 6 heteroatoms. The quantitative estimate of drug-likeness (QED) is 0.564. The third kappa shape index (κ3) is 3.91. The summed E-state index contributed by atoms with van der Waals surface area (Å²) >= 11 is 0. The van der Waals surface area contributed by atoms with Gasteiger partial charge in [-0.15, -0.1) is 0 Å². The molecule has 28 heavy (non-hydrogen) atoms. The highest BCUT2D eigenvalue weighted by atomic mass is 16.2. The fourth-order valence-corrected chi connectivity index (χ4v) is 2.84. The van der Waals surface area contributed by atoms with Gasteiger partial charge in [0.05, 0.1) is 0 Å². The number of nitrogens with one attached hydrogen (secondary N) is 2. The Labute approximate surface area is 161 Å². The van der Waals surface area contributed by atoms with Crippen LogP contribution in [0.1, 0.15) is 26.3 Å². The van der Waals surface area contributed by atoms with Gasteiger partial charge in [0.1, 0.15) is 5.65 Å². The van der Waals surface area contributed by atoms with E-state index in [2.05, 4.69) is 15.6 Å². The minimum atomic E-state index is -0.188.